The molecule has 20 heavy (non-hydrogen) atoms. The fraction of sp³-hybridized carbons (Fsp3) is 0.769. The number of hydrogen-bond donors (Lipinski definition) is 3. The molecule has 0 spiro atoms. The third kappa shape index (κ3) is 6.40. The summed E-state index contributed by atoms with van der Waals surface area (Å²) >= 11 is 0. The van der Waals surface area contributed by atoms with Gasteiger partial charge in [-0.05, 0) is 12.8 Å². The van der Waals surface area contributed by atoms with Crippen molar-refractivity contribution in [3.05, 3.63) is 0 Å². The zero-order chi connectivity index (χ0) is 15.0. The number of carbonyl (C=O) groups excluding carboxylic acids is 1. The lowest BCUT2D eigenvalue weighted by Gasteiger charge is -2.25. The fourth-order valence-electron chi connectivity index (χ4n) is 2.39. The van der Waals surface area contributed by atoms with Gasteiger partial charge in [0.2, 0.25) is 0 Å². The molecule has 7 nitrogen and oxygen atoms in total. The third-order valence-electron chi connectivity index (χ3n) is 3.37. The molecule has 0 heterocycles. The van der Waals surface area contributed by atoms with Gasteiger partial charge in [0.15, 0.2) is 0 Å². The standard InChI is InChI=1S/C13H22N2O5/c16-11(17)8-15(9-12(18)19)13(20)14-10-6-4-2-1-3-5-7-10/h10H,1-9H2,(H,14,20)(H,16,17)(H,18,19). The first kappa shape index (κ1) is 16.3. The van der Waals surface area contributed by atoms with Crippen LogP contribution in [0, 0.1) is 0 Å². The number of rotatable bonds is 5. The van der Waals surface area contributed by atoms with E-state index in [0.29, 0.717) is 0 Å². The Bertz CT molecular complexity index is 335. The summed E-state index contributed by atoms with van der Waals surface area (Å²) in [7, 11) is 0. The van der Waals surface area contributed by atoms with Gasteiger partial charge in [0.1, 0.15) is 13.1 Å². The van der Waals surface area contributed by atoms with Gasteiger partial charge in [0.25, 0.3) is 0 Å². The molecule has 0 unspecified atom stereocenters. The van der Waals surface area contributed by atoms with Crippen molar-refractivity contribution in [2.75, 3.05) is 13.1 Å². The minimum absolute atomic E-state index is 0.00731. The van der Waals surface area contributed by atoms with Gasteiger partial charge in [-0.15, -0.1) is 0 Å². The molecule has 2 amide bonds. The second kappa shape index (κ2) is 8.39. The van der Waals surface area contributed by atoms with Gasteiger partial charge in [-0.25, -0.2) is 4.79 Å². The first-order valence-corrected chi connectivity index (χ1v) is 6.98. The van der Waals surface area contributed by atoms with Crippen LogP contribution in [-0.4, -0.2) is 52.2 Å². The number of carboxylic acid groups (broad SMARTS) is 2. The average molecular weight is 286 g/mol. The summed E-state index contributed by atoms with van der Waals surface area (Å²) in [6.07, 6.45) is 7.27. The zero-order valence-corrected chi connectivity index (χ0v) is 11.5. The van der Waals surface area contributed by atoms with Crippen LogP contribution in [0.1, 0.15) is 44.9 Å². The van der Waals surface area contributed by atoms with E-state index in [1.807, 2.05) is 0 Å². The Morgan fingerprint density at radius 1 is 0.900 bits per heavy atom. The smallest absolute Gasteiger partial charge is 0.323 e. The van der Waals surface area contributed by atoms with E-state index < -0.39 is 31.1 Å². The summed E-state index contributed by atoms with van der Waals surface area (Å²) in [6.45, 7) is -1.21. The number of nitrogens with one attached hydrogen (secondary N) is 1. The van der Waals surface area contributed by atoms with E-state index in [4.69, 9.17) is 10.2 Å². The number of urea groups is 1. The topological polar surface area (TPSA) is 107 Å². The SMILES string of the molecule is O=C(O)CN(CC(=O)O)C(=O)NC1CCCCCCC1. The molecule has 0 radical (unpaired) electrons. The normalized spacial score (nSPS) is 16.8. The Labute approximate surface area is 117 Å². The highest BCUT2D eigenvalue weighted by Gasteiger charge is 2.22. The molecule has 0 aromatic heterocycles. The number of hydrogen-bond acceptors (Lipinski definition) is 3. The summed E-state index contributed by atoms with van der Waals surface area (Å²) in [4.78, 5) is 34.1. The summed E-state index contributed by atoms with van der Waals surface area (Å²) in [6, 6.07) is -0.603. The maximum Gasteiger partial charge on any atom is 0.323 e. The quantitative estimate of drug-likeness (QED) is 0.705. The molecule has 0 aromatic carbocycles. The largest absolute Gasteiger partial charge is 0.480 e. The van der Waals surface area contributed by atoms with Crippen LogP contribution >= 0.6 is 0 Å². The Balaban J connectivity index is 2.53. The fourth-order valence-corrected chi connectivity index (χ4v) is 2.39. The highest BCUT2D eigenvalue weighted by molar-refractivity contribution is 5.84. The first-order chi connectivity index (χ1) is 9.49. The van der Waals surface area contributed by atoms with Crippen molar-refractivity contribution in [2.45, 2.75) is 51.0 Å². The van der Waals surface area contributed by atoms with E-state index in [2.05, 4.69) is 5.32 Å². The summed E-state index contributed by atoms with van der Waals surface area (Å²) in [5.74, 6) is -2.45. The summed E-state index contributed by atoms with van der Waals surface area (Å²) in [5, 5.41) is 20.2. The van der Waals surface area contributed by atoms with E-state index in [1.54, 1.807) is 0 Å². The molecule has 114 valence electrons. The number of carboxylic acids is 2. The van der Waals surface area contributed by atoms with Crippen molar-refractivity contribution in [3.8, 4) is 0 Å². The molecule has 0 saturated heterocycles. The van der Waals surface area contributed by atoms with Gasteiger partial charge in [-0.2, -0.15) is 0 Å². The van der Waals surface area contributed by atoms with Crippen molar-refractivity contribution in [1.82, 2.24) is 10.2 Å². The third-order valence-corrected chi connectivity index (χ3v) is 3.37. The van der Waals surface area contributed by atoms with Crippen LogP contribution in [0.5, 0.6) is 0 Å². The van der Waals surface area contributed by atoms with Crippen LogP contribution in [0.15, 0.2) is 0 Å². The lowest BCUT2D eigenvalue weighted by atomic mass is 9.97. The molecule has 1 aliphatic rings. The van der Waals surface area contributed by atoms with Crippen LogP contribution < -0.4 is 5.32 Å². The molecule has 0 aromatic rings. The van der Waals surface area contributed by atoms with Crippen molar-refractivity contribution in [2.24, 2.45) is 0 Å². The predicted molar refractivity (Wildman–Crippen MR) is 71.5 cm³/mol. The van der Waals surface area contributed by atoms with Crippen molar-refractivity contribution < 1.29 is 24.6 Å². The average Bonchev–Trinajstić information content (AvgIpc) is 2.30. The number of nitrogens with zero attached hydrogens (tertiary/aromatic N) is 1. The molecule has 0 bridgehead atoms. The van der Waals surface area contributed by atoms with E-state index in [9.17, 15) is 14.4 Å². The number of carbonyl (C=O) groups is 3. The molecule has 1 rings (SSSR count). The van der Waals surface area contributed by atoms with E-state index in [-0.39, 0.29) is 6.04 Å². The molecule has 7 heteroatoms. The summed E-state index contributed by atoms with van der Waals surface area (Å²) < 4.78 is 0. The van der Waals surface area contributed by atoms with Crippen LogP contribution in [-0.2, 0) is 9.59 Å². The van der Waals surface area contributed by atoms with Gasteiger partial charge in [-0.3, -0.25) is 9.59 Å². The Morgan fingerprint density at radius 3 is 1.80 bits per heavy atom. The minimum atomic E-state index is -1.22. The van der Waals surface area contributed by atoms with Gasteiger partial charge in [0.05, 0.1) is 0 Å². The maximum absolute atomic E-state index is 12.0. The predicted octanol–water partition coefficient (Wildman–Crippen LogP) is 1.28. The minimum Gasteiger partial charge on any atom is -0.480 e. The second-order valence-corrected chi connectivity index (χ2v) is 5.14. The molecule has 1 saturated carbocycles. The van der Waals surface area contributed by atoms with Crippen LogP contribution in [0.3, 0.4) is 0 Å². The molecular weight excluding hydrogens is 264 g/mol. The highest BCUT2D eigenvalue weighted by atomic mass is 16.4. The Hall–Kier alpha value is -1.79. The van der Waals surface area contributed by atoms with Crippen LogP contribution in [0.25, 0.3) is 0 Å². The summed E-state index contributed by atoms with van der Waals surface area (Å²) in [5.41, 5.74) is 0. The van der Waals surface area contributed by atoms with E-state index in [0.717, 1.165) is 43.4 Å². The number of aliphatic carboxylic acids is 2. The van der Waals surface area contributed by atoms with Gasteiger partial charge in [0, 0.05) is 6.04 Å². The molecule has 3 N–H and O–H groups in total. The van der Waals surface area contributed by atoms with Crippen LogP contribution in [0.2, 0.25) is 0 Å². The number of amides is 2. The van der Waals surface area contributed by atoms with E-state index in [1.165, 1.54) is 6.42 Å². The molecular formula is C13H22N2O5. The van der Waals surface area contributed by atoms with Gasteiger partial charge in [-0.1, -0.05) is 32.1 Å². The second-order valence-electron chi connectivity index (χ2n) is 5.14. The molecule has 1 fully saturated rings. The molecule has 1 aliphatic carbocycles. The van der Waals surface area contributed by atoms with Crippen LogP contribution in [0.4, 0.5) is 4.79 Å². The van der Waals surface area contributed by atoms with Crippen molar-refractivity contribution in [3.63, 3.8) is 0 Å². The Kier molecular flexibility index (Phi) is 6.83. The van der Waals surface area contributed by atoms with Gasteiger partial charge >= 0.3 is 18.0 Å². The Morgan fingerprint density at radius 2 is 1.35 bits per heavy atom. The van der Waals surface area contributed by atoms with Gasteiger partial charge < -0.3 is 20.4 Å². The highest BCUT2D eigenvalue weighted by Crippen LogP contribution is 2.17. The van der Waals surface area contributed by atoms with Crippen molar-refractivity contribution >= 4 is 18.0 Å². The monoisotopic (exact) mass is 286 g/mol. The van der Waals surface area contributed by atoms with E-state index >= 15 is 0 Å². The zero-order valence-electron chi connectivity index (χ0n) is 11.5. The molecule has 0 aliphatic heterocycles. The maximum atomic E-state index is 12.0. The lowest BCUT2D eigenvalue weighted by molar-refractivity contribution is -0.140. The van der Waals surface area contributed by atoms with Crippen molar-refractivity contribution in [1.29, 1.82) is 0 Å². The lowest BCUT2D eigenvalue weighted by Crippen LogP contribution is -2.48. The first-order valence-electron chi connectivity index (χ1n) is 6.98. The molecule has 0 atom stereocenters.